The van der Waals surface area contributed by atoms with E-state index in [4.69, 9.17) is 16.3 Å². The number of hydrogen-bond acceptors (Lipinski definition) is 4. The van der Waals surface area contributed by atoms with Crippen LogP contribution < -0.4 is 15.4 Å². The lowest BCUT2D eigenvalue weighted by atomic mass is 10.1. The molecular weight excluding hydrogens is 330 g/mol. The fourth-order valence-corrected chi connectivity index (χ4v) is 2.16. The molecule has 0 spiro atoms. The molecule has 1 heterocycles. The number of carbonyl (C=O) groups is 2. The lowest BCUT2D eigenvalue weighted by Gasteiger charge is -2.08. The van der Waals surface area contributed by atoms with Crippen LogP contribution in [-0.4, -0.2) is 30.5 Å². The summed E-state index contributed by atoms with van der Waals surface area (Å²) < 4.78 is 5.08. The summed E-state index contributed by atoms with van der Waals surface area (Å²) >= 11 is 5.89. The SMILES string of the molecule is COc1ccc(CCNC(=O)C(=O)Nc2cc(C)cnc2Cl)cc1. The van der Waals surface area contributed by atoms with E-state index in [1.54, 1.807) is 19.4 Å². The highest BCUT2D eigenvalue weighted by atomic mass is 35.5. The highest BCUT2D eigenvalue weighted by molar-refractivity contribution is 6.41. The third-order valence-electron chi connectivity index (χ3n) is 3.29. The number of aromatic nitrogens is 1. The number of halogens is 1. The van der Waals surface area contributed by atoms with E-state index in [-0.39, 0.29) is 5.15 Å². The van der Waals surface area contributed by atoms with Crippen molar-refractivity contribution in [2.24, 2.45) is 0 Å². The summed E-state index contributed by atoms with van der Waals surface area (Å²) in [4.78, 5) is 27.6. The highest BCUT2D eigenvalue weighted by Crippen LogP contribution is 2.19. The number of hydrogen-bond donors (Lipinski definition) is 2. The maximum atomic E-state index is 11.9. The Labute approximate surface area is 145 Å². The van der Waals surface area contributed by atoms with Gasteiger partial charge in [-0.1, -0.05) is 23.7 Å². The summed E-state index contributed by atoms with van der Waals surface area (Å²) in [7, 11) is 1.60. The summed E-state index contributed by atoms with van der Waals surface area (Å²) in [6.45, 7) is 2.16. The minimum absolute atomic E-state index is 0.139. The Bertz CT molecular complexity index is 732. The number of benzene rings is 1. The number of methoxy groups -OCH3 is 1. The molecule has 0 radical (unpaired) electrons. The number of nitrogens with zero attached hydrogens (tertiary/aromatic N) is 1. The summed E-state index contributed by atoms with van der Waals surface area (Å²) in [5.74, 6) is -0.731. The van der Waals surface area contributed by atoms with Gasteiger partial charge in [0.05, 0.1) is 12.8 Å². The largest absolute Gasteiger partial charge is 0.497 e. The van der Waals surface area contributed by atoms with E-state index in [0.29, 0.717) is 18.7 Å². The van der Waals surface area contributed by atoms with Gasteiger partial charge in [-0.05, 0) is 42.7 Å². The highest BCUT2D eigenvalue weighted by Gasteiger charge is 2.15. The molecule has 2 aromatic rings. The molecule has 2 N–H and O–H groups in total. The summed E-state index contributed by atoms with van der Waals surface area (Å²) in [5.41, 5.74) is 2.17. The molecular formula is C17H18ClN3O3. The third-order valence-corrected chi connectivity index (χ3v) is 3.59. The van der Waals surface area contributed by atoms with Gasteiger partial charge in [0.15, 0.2) is 5.15 Å². The molecule has 0 saturated carbocycles. The molecule has 24 heavy (non-hydrogen) atoms. The van der Waals surface area contributed by atoms with Gasteiger partial charge in [0.25, 0.3) is 0 Å². The predicted octanol–water partition coefficient (Wildman–Crippen LogP) is 2.35. The predicted molar refractivity (Wildman–Crippen MR) is 92.3 cm³/mol. The minimum Gasteiger partial charge on any atom is -0.497 e. The van der Waals surface area contributed by atoms with Crippen LogP contribution in [0, 0.1) is 6.92 Å². The first kappa shape index (κ1) is 17.7. The molecule has 0 aliphatic carbocycles. The van der Waals surface area contributed by atoms with Crippen molar-refractivity contribution in [3.63, 3.8) is 0 Å². The molecule has 0 fully saturated rings. The minimum atomic E-state index is -0.779. The van der Waals surface area contributed by atoms with Crippen LogP contribution in [-0.2, 0) is 16.0 Å². The van der Waals surface area contributed by atoms with E-state index in [2.05, 4.69) is 15.6 Å². The first-order valence-electron chi connectivity index (χ1n) is 7.34. The van der Waals surface area contributed by atoms with E-state index in [9.17, 15) is 9.59 Å². The van der Waals surface area contributed by atoms with Gasteiger partial charge >= 0.3 is 11.8 Å². The first-order valence-corrected chi connectivity index (χ1v) is 7.71. The fourth-order valence-electron chi connectivity index (χ4n) is 2.01. The van der Waals surface area contributed by atoms with E-state index in [1.165, 1.54) is 0 Å². The van der Waals surface area contributed by atoms with Crippen molar-refractivity contribution in [2.75, 3.05) is 19.0 Å². The van der Waals surface area contributed by atoms with Gasteiger partial charge < -0.3 is 15.4 Å². The topological polar surface area (TPSA) is 80.3 Å². The average molecular weight is 348 g/mol. The normalized spacial score (nSPS) is 10.1. The Morgan fingerprint density at radius 2 is 1.92 bits per heavy atom. The maximum absolute atomic E-state index is 11.9. The number of pyridine rings is 1. The third kappa shape index (κ3) is 4.96. The van der Waals surface area contributed by atoms with Gasteiger partial charge in [-0.25, -0.2) is 4.98 Å². The number of carbonyl (C=O) groups excluding carboxylic acids is 2. The van der Waals surface area contributed by atoms with Crippen LogP contribution >= 0.6 is 11.6 Å². The van der Waals surface area contributed by atoms with Crippen molar-refractivity contribution in [3.05, 3.63) is 52.8 Å². The molecule has 7 heteroatoms. The van der Waals surface area contributed by atoms with Gasteiger partial charge in [-0.15, -0.1) is 0 Å². The number of rotatable bonds is 5. The molecule has 0 aliphatic heterocycles. The number of nitrogens with one attached hydrogen (secondary N) is 2. The molecule has 126 valence electrons. The second kappa shape index (κ2) is 8.31. The Morgan fingerprint density at radius 1 is 1.21 bits per heavy atom. The van der Waals surface area contributed by atoms with Crippen molar-refractivity contribution < 1.29 is 14.3 Å². The lowest BCUT2D eigenvalue weighted by Crippen LogP contribution is -2.36. The van der Waals surface area contributed by atoms with Gasteiger partial charge in [-0.3, -0.25) is 9.59 Å². The molecule has 6 nitrogen and oxygen atoms in total. The van der Waals surface area contributed by atoms with Gasteiger partial charge in [0.2, 0.25) is 0 Å². The van der Waals surface area contributed by atoms with Crippen molar-refractivity contribution in [3.8, 4) is 5.75 Å². The van der Waals surface area contributed by atoms with Gasteiger partial charge in [0.1, 0.15) is 5.75 Å². The number of amides is 2. The fraction of sp³-hybridized carbons (Fsp3) is 0.235. The van der Waals surface area contributed by atoms with Gasteiger partial charge in [0, 0.05) is 12.7 Å². The zero-order valence-corrected chi connectivity index (χ0v) is 14.2. The smallest absolute Gasteiger partial charge is 0.313 e. The second-order valence-corrected chi connectivity index (χ2v) is 5.52. The molecule has 2 amide bonds. The quantitative estimate of drug-likeness (QED) is 0.642. The Hall–Kier alpha value is -2.60. The van der Waals surface area contributed by atoms with Crippen LogP contribution in [0.4, 0.5) is 5.69 Å². The summed E-state index contributed by atoms with van der Waals surface area (Å²) in [6.07, 6.45) is 2.18. The maximum Gasteiger partial charge on any atom is 0.313 e. The monoisotopic (exact) mass is 347 g/mol. The molecule has 0 aliphatic rings. The van der Waals surface area contributed by atoms with Crippen LogP contribution in [0.5, 0.6) is 5.75 Å². The van der Waals surface area contributed by atoms with Crippen molar-refractivity contribution in [1.82, 2.24) is 10.3 Å². The van der Waals surface area contributed by atoms with Crippen molar-refractivity contribution >= 4 is 29.1 Å². The lowest BCUT2D eigenvalue weighted by molar-refractivity contribution is -0.136. The van der Waals surface area contributed by atoms with E-state index in [0.717, 1.165) is 16.9 Å². The van der Waals surface area contributed by atoms with Crippen molar-refractivity contribution in [2.45, 2.75) is 13.3 Å². The number of ether oxygens (including phenoxy) is 1. The average Bonchev–Trinajstić information content (AvgIpc) is 2.58. The molecule has 0 bridgehead atoms. The molecule has 0 atom stereocenters. The molecule has 0 saturated heterocycles. The number of aryl methyl sites for hydroxylation is 1. The standard InChI is InChI=1S/C17H18ClN3O3/c1-11-9-14(15(18)20-10-11)21-17(23)16(22)19-8-7-12-3-5-13(24-2)6-4-12/h3-6,9-10H,7-8H2,1-2H3,(H,19,22)(H,21,23). The van der Waals surface area contributed by atoms with E-state index in [1.807, 2.05) is 31.2 Å². The van der Waals surface area contributed by atoms with Crippen LogP contribution in [0.3, 0.4) is 0 Å². The zero-order valence-electron chi connectivity index (χ0n) is 13.4. The van der Waals surface area contributed by atoms with E-state index < -0.39 is 11.8 Å². The second-order valence-electron chi connectivity index (χ2n) is 5.16. The van der Waals surface area contributed by atoms with Crippen molar-refractivity contribution in [1.29, 1.82) is 0 Å². The van der Waals surface area contributed by atoms with Crippen LogP contribution in [0.25, 0.3) is 0 Å². The Kier molecular flexibility index (Phi) is 6.14. The molecule has 1 aromatic heterocycles. The van der Waals surface area contributed by atoms with Crippen LogP contribution in [0.2, 0.25) is 5.15 Å². The first-order chi connectivity index (χ1) is 11.5. The molecule has 0 unspecified atom stereocenters. The summed E-state index contributed by atoms with van der Waals surface area (Å²) in [6, 6.07) is 9.15. The Balaban J connectivity index is 1.83. The zero-order chi connectivity index (χ0) is 17.5. The van der Waals surface area contributed by atoms with E-state index >= 15 is 0 Å². The molecule has 1 aromatic carbocycles. The Morgan fingerprint density at radius 3 is 2.58 bits per heavy atom. The van der Waals surface area contributed by atoms with Crippen LogP contribution in [0.15, 0.2) is 36.5 Å². The number of anilines is 1. The van der Waals surface area contributed by atoms with Gasteiger partial charge in [-0.2, -0.15) is 0 Å². The molecule has 2 rings (SSSR count). The summed E-state index contributed by atoms with van der Waals surface area (Å²) in [5, 5.41) is 5.16. The van der Waals surface area contributed by atoms with Crippen LogP contribution in [0.1, 0.15) is 11.1 Å².